The summed E-state index contributed by atoms with van der Waals surface area (Å²) in [4.78, 5) is 48.6. The monoisotopic (exact) mass is 616 g/mol. The highest BCUT2D eigenvalue weighted by Crippen LogP contribution is 2.38. The van der Waals surface area contributed by atoms with Crippen LogP contribution in [0.3, 0.4) is 0 Å². The number of nitrogens with one attached hydrogen (secondary N) is 1. The Morgan fingerprint density at radius 1 is 0.953 bits per heavy atom. The van der Waals surface area contributed by atoms with Gasteiger partial charge in [0.25, 0.3) is 17.5 Å². The van der Waals surface area contributed by atoms with Crippen LogP contribution in [0, 0.1) is 26.0 Å². The number of anilines is 2. The Bertz CT molecular complexity index is 1850. The molecule has 11 nitrogen and oxygen atoms in total. The van der Waals surface area contributed by atoms with E-state index in [9.17, 15) is 34.2 Å². The molecule has 4 aromatic rings. The summed E-state index contributed by atoms with van der Waals surface area (Å²) in [5, 5.41) is 25.1. The predicted molar refractivity (Wildman–Crippen MR) is 163 cm³/mol. The Morgan fingerprint density at radius 3 is 2.42 bits per heavy atom. The summed E-state index contributed by atoms with van der Waals surface area (Å²) in [5.41, 5.74) is 0.530. The van der Waals surface area contributed by atoms with Crippen LogP contribution in [0.1, 0.15) is 15.9 Å². The highest BCUT2D eigenvalue weighted by atomic mass is 32.2. The molecule has 0 bridgehead atoms. The molecule has 0 unspecified atom stereocenters. The average molecular weight is 617 g/mol. The maximum Gasteiger partial charge on any atom is 0.318 e. The van der Waals surface area contributed by atoms with Crippen molar-refractivity contribution in [1.29, 1.82) is 0 Å². The molecule has 0 spiro atoms. The van der Waals surface area contributed by atoms with Crippen molar-refractivity contribution in [2.24, 2.45) is 0 Å². The largest absolute Gasteiger partial charge is 0.450 e. The normalized spacial score (nSPS) is 13.7. The number of hydrogen-bond acceptors (Lipinski definition) is 9. The second kappa shape index (κ2) is 12.2. The van der Waals surface area contributed by atoms with Crippen LogP contribution < -0.4 is 15.0 Å². The molecule has 1 aliphatic rings. The topological polar surface area (TPSA) is 145 Å². The van der Waals surface area contributed by atoms with Crippen LogP contribution in [0.5, 0.6) is 11.5 Å². The minimum atomic E-state index is -0.779. The zero-order chi connectivity index (χ0) is 30.7. The predicted octanol–water partition coefficient (Wildman–Crippen LogP) is 7.09. The first-order chi connectivity index (χ1) is 20.6. The number of carbonyl (C=O) groups is 2. The van der Waals surface area contributed by atoms with Crippen molar-refractivity contribution < 1.29 is 28.6 Å². The van der Waals surface area contributed by atoms with Crippen LogP contribution in [-0.2, 0) is 4.79 Å². The van der Waals surface area contributed by atoms with E-state index in [1.807, 2.05) is 0 Å². The second-order valence-corrected chi connectivity index (χ2v) is 10.5. The molecular weight excluding hydrogens is 599 g/mol. The highest BCUT2D eigenvalue weighted by molar-refractivity contribution is 8.27. The second-order valence-electron chi connectivity index (χ2n) is 8.87. The first kappa shape index (κ1) is 29.0. The van der Waals surface area contributed by atoms with Gasteiger partial charge in [-0.05, 0) is 72.3 Å². The molecule has 214 valence electrons. The zero-order valence-corrected chi connectivity index (χ0v) is 23.3. The molecule has 14 heteroatoms. The van der Waals surface area contributed by atoms with E-state index in [0.29, 0.717) is 16.9 Å². The smallest absolute Gasteiger partial charge is 0.318 e. The van der Waals surface area contributed by atoms with E-state index >= 15 is 0 Å². The molecule has 43 heavy (non-hydrogen) atoms. The summed E-state index contributed by atoms with van der Waals surface area (Å²) in [6.07, 6.45) is 1.57. The van der Waals surface area contributed by atoms with Crippen LogP contribution in [0.15, 0.2) is 95.9 Å². The maximum atomic E-state index is 13.4. The summed E-state index contributed by atoms with van der Waals surface area (Å²) in [5.74, 6) is -1.32. The number of nitro benzene ring substituents is 2. The molecule has 5 rings (SSSR count). The number of ether oxygens (including phenoxy) is 1. The third-order valence-corrected chi connectivity index (χ3v) is 7.30. The third kappa shape index (κ3) is 6.55. The Hall–Kier alpha value is -5.47. The standard InChI is InChI=1S/C29H17FN4O7S2/c30-19-7-9-20(10-8-19)31-27(35)18-4-2-5-21(15-18)32-28(36)26(43-29(32)42)14-17-3-1-6-23(13-17)41-25-12-11-22(33(37)38)16-24(25)34(39)40/h1-16H,(H,31,35)/b26-14+. The highest BCUT2D eigenvalue weighted by Gasteiger charge is 2.33. The molecule has 4 aromatic carbocycles. The molecule has 1 N–H and O–H groups in total. The molecule has 1 aliphatic heterocycles. The van der Waals surface area contributed by atoms with Crippen LogP contribution >= 0.6 is 24.0 Å². The third-order valence-electron chi connectivity index (χ3n) is 6.00. The van der Waals surface area contributed by atoms with E-state index in [-0.39, 0.29) is 26.3 Å². The van der Waals surface area contributed by atoms with Crippen molar-refractivity contribution in [1.82, 2.24) is 0 Å². The Kier molecular flexibility index (Phi) is 8.23. The number of thiocarbonyl (C=S) groups is 1. The summed E-state index contributed by atoms with van der Waals surface area (Å²) in [7, 11) is 0. The Balaban J connectivity index is 1.35. The van der Waals surface area contributed by atoms with Gasteiger partial charge in [-0.1, -0.05) is 42.2 Å². The van der Waals surface area contributed by atoms with Gasteiger partial charge in [0, 0.05) is 17.3 Å². The first-order valence-corrected chi connectivity index (χ1v) is 13.5. The van der Waals surface area contributed by atoms with Crippen LogP contribution in [-0.4, -0.2) is 26.0 Å². The van der Waals surface area contributed by atoms with E-state index in [1.165, 1.54) is 47.4 Å². The Labute approximate surface area is 251 Å². The fraction of sp³-hybridized carbons (Fsp3) is 0. The molecule has 0 atom stereocenters. The number of benzene rings is 4. The van der Waals surface area contributed by atoms with Crippen molar-refractivity contribution >= 4 is 68.9 Å². The lowest BCUT2D eigenvalue weighted by molar-refractivity contribution is -0.394. The van der Waals surface area contributed by atoms with Gasteiger partial charge < -0.3 is 10.1 Å². The van der Waals surface area contributed by atoms with E-state index in [1.54, 1.807) is 36.4 Å². The average Bonchev–Trinajstić information content (AvgIpc) is 3.26. The lowest BCUT2D eigenvalue weighted by Gasteiger charge is -2.15. The van der Waals surface area contributed by atoms with Crippen LogP contribution in [0.4, 0.5) is 27.1 Å². The number of rotatable bonds is 8. The summed E-state index contributed by atoms with van der Waals surface area (Å²) < 4.78 is 19.1. The maximum absolute atomic E-state index is 13.4. The van der Waals surface area contributed by atoms with Gasteiger partial charge in [0.15, 0.2) is 4.32 Å². The number of carbonyl (C=O) groups excluding carboxylic acids is 2. The first-order valence-electron chi connectivity index (χ1n) is 12.2. The van der Waals surface area contributed by atoms with Crippen LogP contribution in [0.25, 0.3) is 6.08 Å². The number of hydrogen-bond donors (Lipinski definition) is 1. The molecule has 0 aromatic heterocycles. The molecular formula is C29H17FN4O7S2. The van der Waals surface area contributed by atoms with Gasteiger partial charge in [0.2, 0.25) is 5.75 Å². The number of nitrogens with zero attached hydrogens (tertiary/aromatic N) is 3. The summed E-state index contributed by atoms with van der Waals surface area (Å²) >= 11 is 6.50. The molecule has 1 saturated heterocycles. The minimum absolute atomic E-state index is 0.192. The van der Waals surface area contributed by atoms with E-state index in [2.05, 4.69) is 5.32 Å². The molecule has 1 fully saturated rings. The Morgan fingerprint density at radius 2 is 1.70 bits per heavy atom. The van der Waals surface area contributed by atoms with Gasteiger partial charge in [-0.15, -0.1) is 0 Å². The fourth-order valence-corrected chi connectivity index (χ4v) is 5.31. The van der Waals surface area contributed by atoms with Gasteiger partial charge in [0.1, 0.15) is 11.6 Å². The van der Waals surface area contributed by atoms with Gasteiger partial charge in [0.05, 0.1) is 26.5 Å². The minimum Gasteiger partial charge on any atom is -0.450 e. The summed E-state index contributed by atoms with van der Waals surface area (Å²) in [6.45, 7) is 0. The molecule has 1 heterocycles. The fourth-order valence-electron chi connectivity index (χ4n) is 4.01. The number of non-ortho nitro benzene ring substituents is 1. The lowest BCUT2D eigenvalue weighted by atomic mass is 10.1. The van der Waals surface area contributed by atoms with E-state index in [0.717, 1.165) is 30.0 Å². The van der Waals surface area contributed by atoms with Crippen LogP contribution in [0.2, 0.25) is 0 Å². The SMILES string of the molecule is O=C(Nc1ccc(F)cc1)c1cccc(N2C(=O)/C(=C\c3cccc(Oc4ccc([N+](=O)[O-])cc4[N+](=O)[O-])c3)SC2=S)c1. The quantitative estimate of drug-likeness (QED) is 0.0949. The molecule has 0 saturated carbocycles. The van der Waals surface area contributed by atoms with Gasteiger partial charge in [-0.2, -0.15) is 0 Å². The lowest BCUT2D eigenvalue weighted by Crippen LogP contribution is -2.27. The van der Waals surface area contributed by atoms with Crippen molar-refractivity contribution in [3.8, 4) is 11.5 Å². The summed E-state index contributed by atoms with van der Waals surface area (Å²) in [6, 6.07) is 21.0. The van der Waals surface area contributed by atoms with Gasteiger partial charge >= 0.3 is 5.69 Å². The van der Waals surface area contributed by atoms with Gasteiger partial charge in [-0.3, -0.25) is 34.7 Å². The van der Waals surface area contributed by atoms with Crippen molar-refractivity contribution in [2.75, 3.05) is 10.2 Å². The van der Waals surface area contributed by atoms with E-state index < -0.39 is 38.9 Å². The van der Waals surface area contributed by atoms with Crippen molar-refractivity contribution in [3.63, 3.8) is 0 Å². The zero-order valence-electron chi connectivity index (χ0n) is 21.6. The number of nitro groups is 2. The number of thioether (sulfide) groups is 1. The van der Waals surface area contributed by atoms with Crippen molar-refractivity contribution in [2.45, 2.75) is 0 Å². The molecule has 0 aliphatic carbocycles. The molecule has 2 amide bonds. The van der Waals surface area contributed by atoms with E-state index in [4.69, 9.17) is 17.0 Å². The number of amides is 2. The number of halogens is 1. The van der Waals surface area contributed by atoms with Gasteiger partial charge in [-0.25, -0.2) is 4.39 Å². The van der Waals surface area contributed by atoms with Crippen molar-refractivity contribution in [3.05, 3.63) is 133 Å². The molecule has 0 radical (unpaired) electrons.